The minimum atomic E-state index is 0.190. The van der Waals surface area contributed by atoms with Gasteiger partial charge in [0.15, 0.2) is 0 Å². The summed E-state index contributed by atoms with van der Waals surface area (Å²) in [6.07, 6.45) is 0.190. The molecule has 4 nitrogen and oxygen atoms in total. The van der Waals surface area contributed by atoms with Crippen LogP contribution in [0.15, 0.2) is 24.3 Å². The predicted molar refractivity (Wildman–Crippen MR) is 87.7 cm³/mol. The van der Waals surface area contributed by atoms with Gasteiger partial charge in [-0.2, -0.15) is 0 Å². The molecule has 0 bridgehead atoms. The highest BCUT2D eigenvalue weighted by atomic mass is 16.5. The molecule has 4 heteroatoms. The van der Waals surface area contributed by atoms with Crippen LogP contribution in [0.1, 0.15) is 39.3 Å². The number of benzene rings is 1. The summed E-state index contributed by atoms with van der Waals surface area (Å²) in [6.45, 7) is 10.6. The van der Waals surface area contributed by atoms with Crippen LogP contribution < -0.4 is 10.5 Å². The van der Waals surface area contributed by atoms with Gasteiger partial charge in [0.25, 0.3) is 0 Å². The monoisotopic (exact) mass is 294 g/mol. The van der Waals surface area contributed by atoms with E-state index in [9.17, 15) is 0 Å². The summed E-state index contributed by atoms with van der Waals surface area (Å²) < 4.78 is 10.9. The molecule has 1 aromatic rings. The first kappa shape index (κ1) is 18.0. The fourth-order valence-corrected chi connectivity index (χ4v) is 2.47. The van der Waals surface area contributed by atoms with Crippen LogP contribution in [0.4, 0.5) is 0 Å². The lowest BCUT2D eigenvalue weighted by molar-refractivity contribution is 0.0979. The summed E-state index contributed by atoms with van der Waals surface area (Å²) in [5.74, 6) is 0.900. The molecule has 1 aromatic carbocycles. The van der Waals surface area contributed by atoms with E-state index in [2.05, 4.69) is 30.9 Å². The molecule has 0 amide bonds. The zero-order valence-corrected chi connectivity index (χ0v) is 14.0. The molecule has 21 heavy (non-hydrogen) atoms. The molecule has 0 aromatic heterocycles. The van der Waals surface area contributed by atoms with Crippen molar-refractivity contribution in [3.05, 3.63) is 29.8 Å². The maximum absolute atomic E-state index is 6.02. The van der Waals surface area contributed by atoms with Crippen molar-refractivity contribution in [2.75, 3.05) is 26.8 Å². The van der Waals surface area contributed by atoms with Gasteiger partial charge >= 0.3 is 0 Å². The molecule has 0 radical (unpaired) electrons. The van der Waals surface area contributed by atoms with Crippen LogP contribution in [0.25, 0.3) is 0 Å². The Morgan fingerprint density at radius 3 is 2.14 bits per heavy atom. The van der Waals surface area contributed by atoms with Gasteiger partial charge in [-0.15, -0.1) is 0 Å². The van der Waals surface area contributed by atoms with Gasteiger partial charge in [0.2, 0.25) is 0 Å². The van der Waals surface area contributed by atoms with Crippen LogP contribution in [0.2, 0.25) is 0 Å². The maximum Gasteiger partial charge on any atom is 0.119 e. The zero-order valence-electron chi connectivity index (χ0n) is 14.0. The fourth-order valence-electron chi connectivity index (χ4n) is 2.47. The third-order valence-corrected chi connectivity index (χ3v) is 3.48. The quantitative estimate of drug-likeness (QED) is 0.761. The largest absolute Gasteiger partial charge is 0.491 e. The van der Waals surface area contributed by atoms with Crippen LogP contribution in [0.5, 0.6) is 5.75 Å². The second-order valence-corrected chi connectivity index (χ2v) is 5.81. The highest BCUT2D eigenvalue weighted by Gasteiger charge is 2.21. The van der Waals surface area contributed by atoms with Crippen molar-refractivity contribution in [3.63, 3.8) is 0 Å². The Hall–Kier alpha value is -1.10. The normalized spacial score (nSPS) is 13.2. The average molecular weight is 294 g/mol. The van der Waals surface area contributed by atoms with Gasteiger partial charge in [0.1, 0.15) is 5.75 Å². The molecule has 120 valence electrons. The summed E-state index contributed by atoms with van der Waals surface area (Å²) >= 11 is 0. The van der Waals surface area contributed by atoms with Gasteiger partial charge in [-0.3, -0.25) is 4.90 Å². The third kappa shape index (κ3) is 5.65. The Balaban J connectivity index is 2.86. The Labute approximate surface area is 129 Å². The van der Waals surface area contributed by atoms with Crippen molar-refractivity contribution in [3.8, 4) is 5.75 Å². The molecule has 0 fully saturated rings. The summed E-state index contributed by atoms with van der Waals surface area (Å²) in [5, 5.41) is 0. The van der Waals surface area contributed by atoms with Crippen LogP contribution in [-0.2, 0) is 4.74 Å². The molecule has 1 rings (SSSR count). The molecule has 0 saturated carbocycles. The lowest BCUT2D eigenvalue weighted by Crippen LogP contribution is -2.40. The van der Waals surface area contributed by atoms with E-state index in [0.29, 0.717) is 19.2 Å². The van der Waals surface area contributed by atoms with E-state index in [1.54, 1.807) is 7.11 Å². The summed E-state index contributed by atoms with van der Waals surface area (Å²) in [7, 11) is 1.73. The van der Waals surface area contributed by atoms with Crippen molar-refractivity contribution in [2.24, 2.45) is 5.73 Å². The van der Waals surface area contributed by atoms with Gasteiger partial charge in [-0.25, -0.2) is 0 Å². The van der Waals surface area contributed by atoms with Gasteiger partial charge in [0.05, 0.1) is 12.7 Å². The molecular weight excluding hydrogens is 264 g/mol. The molecule has 0 aliphatic rings. The van der Waals surface area contributed by atoms with Gasteiger partial charge < -0.3 is 15.2 Å². The van der Waals surface area contributed by atoms with Gasteiger partial charge in [-0.05, 0) is 45.4 Å². The van der Waals surface area contributed by atoms with E-state index in [-0.39, 0.29) is 12.1 Å². The Bertz CT molecular complexity index is 390. The third-order valence-electron chi connectivity index (χ3n) is 3.48. The van der Waals surface area contributed by atoms with E-state index in [1.165, 1.54) is 5.56 Å². The highest BCUT2D eigenvalue weighted by molar-refractivity contribution is 5.29. The smallest absolute Gasteiger partial charge is 0.119 e. The van der Waals surface area contributed by atoms with Crippen molar-refractivity contribution >= 4 is 0 Å². The number of rotatable bonds is 9. The summed E-state index contributed by atoms with van der Waals surface area (Å²) in [6, 6.07) is 8.88. The lowest BCUT2D eigenvalue weighted by Gasteiger charge is -2.34. The Kier molecular flexibility index (Phi) is 7.72. The first-order valence-corrected chi connectivity index (χ1v) is 7.71. The molecular formula is C17H30N2O2. The molecule has 0 spiro atoms. The molecule has 1 unspecified atom stereocenters. The van der Waals surface area contributed by atoms with E-state index in [1.807, 2.05) is 26.0 Å². The second-order valence-electron chi connectivity index (χ2n) is 5.81. The van der Waals surface area contributed by atoms with E-state index in [0.717, 1.165) is 12.3 Å². The van der Waals surface area contributed by atoms with Gasteiger partial charge in [0, 0.05) is 32.3 Å². The standard InChI is InChI=1S/C17H30N2O2/c1-13(2)19(10-11-20-5)17(12-18)15-6-8-16(9-7-15)21-14(3)4/h6-9,13-14,17H,10-12,18H2,1-5H3. The number of hydrogen-bond acceptors (Lipinski definition) is 4. The fraction of sp³-hybridized carbons (Fsp3) is 0.647. The van der Waals surface area contributed by atoms with Gasteiger partial charge in [-0.1, -0.05) is 12.1 Å². The highest BCUT2D eigenvalue weighted by Crippen LogP contribution is 2.24. The van der Waals surface area contributed by atoms with E-state index < -0.39 is 0 Å². The van der Waals surface area contributed by atoms with Crippen LogP contribution >= 0.6 is 0 Å². The van der Waals surface area contributed by atoms with Crippen molar-refractivity contribution in [2.45, 2.75) is 45.9 Å². The summed E-state index contributed by atoms with van der Waals surface area (Å²) in [4.78, 5) is 2.38. The van der Waals surface area contributed by atoms with Crippen molar-refractivity contribution in [1.29, 1.82) is 0 Å². The minimum Gasteiger partial charge on any atom is -0.491 e. The van der Waals surface area contributed by atoms with Crippen molar-refractivity contribution < 1.29 is 9.47 Å². The first-order chi connectivity index (χ1) is 9.99. The number of nitrogens with zero attached hydrogens (tertiary/aromatic N) is 1. The topological polar surface area (TPSA) is 47.7 Å². The second kappa shape index (κ2) is 9.03. The molecule has 2 N–H and O–H groups in total. The molecule has 0 heterocycles. The molecule has 0 aliphatic heterocycles. The van der Waals surface area contributed by atoms with Crippen LogP contribution in [0.3, 0.4) is 0 Å². The van der Waals surface area contributed by atoms with E-state index in [4.69, 9.17) is 15.2 Å². The number of hydrogen-bond donors (Lipinski definition) is 1. The number of methoxy groups -OCH3 is 1. The van der Waals surface area contributed by atoms with Crippen LogP contribution in [0, 0.1) is 0 Å². The molecule has 1 atom stereocenters. The Morgan fingerprint density at radius 1 is 1.10 bits per heavy atom. The molecule has 0 aliphatic carbocycles. The Morgan fingerprint density at radius 2 is 1.71 bits per heavy atom. The SMILES string of the molecule is COCCN(C(C)C)C(CN)c1ccc(OC(C)C)cc1. The minimum absolute atomic E-state index is 0.190. The maximum atomic E-state index is 6.02. The summed E-state index contributed by atoms with van der Waals surface area (Å²) in [5.41, 5.74) is 7.24. The van der Waals surface area contributed by atoms with Crippen molar-refractivity contribution in [1.82, 2.24) is 4.90 Å². The van der Waals surface area contributed by atoms with E-state index >= 15 is 0 Å². The average Bonchev–Trinajstić information content (AvgIpc) is 2.43. The number of ether oxygens (including phenoxy) is 2. The zero-order chi connectivity index (χ0) is 15.8. The predicted octanol–water partition coefficient (Wildman–Crippen LogP) is 2.83. The first-order valence-electron chi connectivity index (χ1n) is 7.71. The lowest BCUT2D eigenvalue weighted by atomic mass is 10.0. The number of nitrogens with two attached hydrogens (primary N) is 1. The van der Waals surface area contributed by atoms with Crippen LogP contribution in [-0.4, -0.2) is 43.9 Å². The molecule has 0 saturated heterocycles.